The maximum atomic E-state index is 12.4. The van der Waals surface area contributed by atoms with Gasteiger partial charge in [0.25, 0.3) is 5.91 Å². The van der Waals surface area contributed by atoms with Gasteiger partial charge in [-0.25, -0.2) is 4.98 Å². The summed E-state index contributed by atoms with van der Waals surface area (Å²) >= 11 is 0. The topological polar surface area (TPSA) is 46.1 Å². The van der Waals surface area contributed by atoms with Crippen molar-refractivity contribution in [1.29, 1.82) is 0 Å². The van der Waals surface area contributed by atoms with E-state index in [1.807, 2.05) is 56.3 Å². The van der Waals surface area contributed by atoms with E-state index in [9.17, 15) is 4.79 Å². The molecule has 0 radical (unpaired) electrons. The number of carbonyl (C=O) groups is 1. The van der Waals surface area contributed by atoms with Gasteiger partial charge in [-0.1, -0.05) is 24.3 Å². The van der Waals surface area contributed by atoms with Crippen LogP contribution in [0.3, 0.4) is 0 Å². The van der Waals surface area contributed by atoms with Gasteiger partial charge in [0.1, 0.15) is 0 Å². The number of likely N-dealkylation sites (N-methyl/N-ethyl adjacent to an activating group) is 1. The van der Waals surface area contributed by atoms with Crippen LogP contribution in [0.4, 0.5) is 5.69 Å². The third-order valence-electron chi connectivity index (χ3n) is 4.13. The van der Waals surface area contributed by atoms with E-state index in [-0.39, 0.29) is 5.91 Å². The number of aromatic nitrogens is 2. The minimum absolute atomic E-state index is 0.0985. The van der Waals surface area contributed by atoms with Crippen molar-refractivity contribution in [2.45, 2.75) is 13.8 Å². The van der Waals surface area contributed by atoms with E-state index >= 15 is 0 Å². The van der Waals surface area contributed by atoms with Gasteiger partial charge in [-0.3, -0.25) is 9.78 Å². The Morgan fingerprint density at radius 2 is 1.79 bits per heavy atom. The average Bonchev–Trinajstić information content (AvgIpc) is 2.61. The van der Waals surface area contributed by atoms with Crippen molar-refractivity contribution in [2.75, 3.05) is 11.9 Å². The van der Waals surface area contributed by atoms with Crippen LogP contribution in [0.1, 0.15) is 16.8 Å². The lowest BCUT2D eigenvalue weighted by Gasteiger charge is -2.19. The van der Waals surface area contributed by atoms with Crippen molar-refractivity contribution in [3.63, 3.8) is 0 Å². The molecular formula is C20H19N3O. The van der Waals surface area contributed by atoms with Crippen molar-refractivity contribution in [1.82, 2.24) is 9.97 Å². The summed E-state index contributed by atoms with van der Waals surface area (Å²) in [5.41, 5.74) is 5.50. The van der Waals surface area contributed by atoms with E-state index < -0.39 is 0 Å². The predicted molar refractivity (Wildman–Crippen MR) is 97.9 cm³/mol. The van der Waals surface area contributed by atoms with E-state index in [0.29, 0.717) is 5.69 Å². The van der Waals surface area contributed by atoms with Crippen LogP contribution >= 0.6 is 0 Å². The maximum absolute atomic E-state index is 12.4. The zero-order valence-electron chi connectivity index (χ0n) is 14.0. The third kappa shape index (κ3) is 3.18. The number of hydrogen-bond donors (Lipinski definition) is 0. The van der Waals surface area contributed by atoms with Crippen molar-refractivity contribution in [3.05, 3.63) is 71.6 Å². The molecule has 4 heteroatoms. The van der Waals surface area contributed by atoms with E-state index in [0.717, 1.165) is 27.8 Å². The molecule has 24 heavy (non-hydrogen) atoms. The van der Waals surface area contributed by atoms with E-state index in [2.05, 4.69) is 9.97 Å². The lowest BCUT2D eigenvalue weighted by Crippen LogP contribution is -2.24. The van der Waals surface area contributed by atoms with E-state index in [1.54, 1.807) is 24.2 Å². The molecule has 3 aromatic rings. The fourth-order valence-electron chi connectivity index (χ4n) is 2.54. The highest BCUT2D eigenvalue weighted by Crippen LogP contribution is 2.22. The molecular weight excluding hydrogens is 298 g/mol. The van der Waals surface area contributed by atoms with Crippen LogP contribution in [0.25, 0.3) is 17.1 Å². The Kier molecular flexibility index (Phi) is 4.38. The van der Waals surface area contributed by atoms with E-state index in [1.165, 1.54) is 6.08 Å². The summed E-state index contributed by atoms with van der Waals surface area (Å²) in [4.78, 5) is 22.9. The lowest BCUT2D eigenvalue weighted by atomic mass is 10.1. The fraction of sp³-hybridized carbons (Fsp3) is 0.150. The van der Waals surface area contributed by atoms with Gasteiger partial charge in [0.05, 0.1) is 22.9 Å². The van der Waals surface area contributed by atoms with Gasteiger partial charge < -0.3 is 4.90 Å². The van der Waals surface area contributed by atoms with Crippen molar-refractivity contribution >= 4 is 28.7 Å². The molecule has 1 amide bonds. The highest BCUT2D eigenvalue weighted by Gasteiger charge is 2.11. The fourth-order valence-corrected chi connectivity index (χ4v) is 2.54. The molecule has 2 aromatic carbocycles. The van der Waals surface area contributed by atoms with Gasteiger partial charge in [0.2, 0.25) is 0 Å². The van der Waals surface area contributed by atoms with Crippen LogP contribution in [-0.4, -0.2) is 22.9 Å². The minimum Gasteiger partial charge on any atom is -0.312 e. The van der Waals surface area contributed by atoms with Gasteiger partial charge in [-0.15, -0.1) is 0 Å². The number of hydrogen-bond acceptors (Lipinski definition) is 3. The molecule has 0 aliphatic rings. The molecule has 0 bridgehead atoms. The molecule has 1 heterocycles. The molecule has 0 atom stereocenters. The summed E-state index contributed by atoms with van der Waals surface area (Å²) < 4.78 is 0. The van der Waals surface area contributed by atoms with Gasteiger partial charge in [0.15, 0.2) is 0 Å². The summed E-state index contributed by atoms with van der Waals surface area (Å²) in [6.45, 7) is 4.06. The van der Waals surface area contributed by atoms with Crippen LogP contribution in [0.15, 0.2) is 54.7 Å². The second-order valence-electron chi connectivity index (χ2n) is 5.73. The summed E-state index contributed by atoms with van der Waals surface area (Å²) in [6, 6.07) is 13.6. The molecule has 0 saturated heterocycles. The Labute approximate surface area is 141 Å². The number of rotatable bonds is 3. The lowest BCUT2D eigenvalue weighted by molar-refractivity contribution is -0.113. The SMILES string of the molecule is Cc1cccc(N(C)C(=O)/C=C/c2cnc3ccccc3n2)c1C. The highest BCUT2D eigenvalue weighted by atomic mass is 16.2. The Bertz CT molecular complexity index is 931. The first-order valence-electron chi connectivity index (χ1n) is 7.80. The molecule has 4 nitrogen and oxygen atoms in total. The summed E-state index contributed by atoms with van der Waals surface area (Å²) in [5, 5.41) is 0. The van der Waals surface area contributed by atoms with Crippen LogP contribution in [0.2, 0.25) is 0 Å². The van der Waals surface area contributed by atoms with Gasteiger partial charge in [-0.2, -0.15) is 0 Å². The molecule has 0 saturated carbocycles. The number of amides is 1. The number of fused-ring (bicyclic) bond motifs is 1. The number of aryl methyl sites for hydroxylation is 1. The first kappa shape index (κ1) is 15.9. The molecule has 0 aliphatic carbocycles. The number of benzene rings is 2. The first-order chi connectivity index (χ1) is 11.6. The van der Waals surface area contributed by atoms with Crippen molar-refractivity contribution < 1.29 is 4.79 Å². The maximum Gasteiger partial charge on any atom is 0.250 e. The molecule has 0 unspecified atom stereocenters. The molecule has 120 valence electrons. The molecule has 3 rings (SSSR count). The standard InChI is InChI=1S/C20H19N3O/c1-14-7-6-10-19(15(14)2)23(3)20(24)12-11-16-13-21-17-8-4-5-9-18(17)22-16/h4-13H,1-3H3/b12-11+. The number of nitrogens with zero attached hydrogens (tertiary/aromatic N) is 3. The molecule has 0 spiro atoms. The molecule has 0 aliphatic heterocycles. The highest BCUT2D eigenvalue weighted by molar-refractivity contribution is 6.03. The monoisotopic (exact) mass is 317 g/mol. The first-order valence-corrected chi connectivity index (χ1v) is 7.80. The van der Waals surface area contributed by atoms with Gasteiger partial charge >= 0.3 is 0 Å². The number of anilines is 1. The van der Waals surface area contributed by atoms with E-state index in [4.69, 9.17) is 0 Å². The van der Waals surface area contributed by atoms with Crippen LogP contribution in [-0.2, 0) is 4.79 Å². The smallest absolute Gasteiger partial charge is 0.250 e. The second-order valence-corrected chi connectivity index (χ2v) is 5.73. The normalized spacial score (nSPS) is 11.1. The Morgan fingerprint density at radius 1 is 1.04 bits per heavy atom. The van der Waals surface area contributed by atoms with Crippen molar-refractivity contribution in [3.8, 4) is 0 Å². The average molecular weight is 317 g/mol. The quantitative estimate of drug-likeness (QED) is 0.688. The van der Waals surface area contributed by atoms with Gasteiger partial charge in [-0.05, 0) is 49.2 Å². The number of para-hydroxylation sites is 2. The predicted octanol–water partition coefficient (Wildman–Crippen LogP) is 3.92. The molecule has 0 fully saturated rings. The Hall–Kier alpha value is -3.01. The third-order valence-corrected chi connectivity index (χ3v) is 4.13. The Balaban J connectivity index is 1.82. The van der Waals surface area contributed by atoms with Crippen LogP contribution in [0.5, 0.6) is 0 Å². The molecule has 0 N–H and O–H groups in total. The van der Waals surface area contributed by atoms with Crippen LogP contribution < -0.4 is 4.90 Å². The zero-order valence-corrected chi connectivity index (χ0v) is 14.0. The van der Waals surface area contributed by atoms with Crippen molar-refractivity contribution in [2.24, 2.45) is 0 Å². The number of carbonyl (C=O) groups excluding carboxylic acids is 1. The summed E-state index contributed by atoms with van der Waals surface area (Å²) in [5.74, 6) is -0.0985. The van der Waals surface area contributed by atoms with Crippen LogP contribution in [0, 0.1) is 13.8 Å². The summed E-state index contributed by atoms with van der Waals surface area (Å²) in [6.07, 6.45) is 4.90. The second kappa shape index (κ2) is 6.62. The largest absolute Gasteiger partial charge is 0.312 e. The zero-order chi connectivity index (χ0) is 17.1. The Morgan fingerprint density at radius 3 is 2.58 bits per heavy atom. The van der Waals surface area contributed by atoms with Gasteiger partial charge in [0, 0.05) is 18.8 Å². The minimum atomic E-state index is -0.0985. The molecule has 1 aromatic heterocycles. The summed E-state index contributed by atoms with van der Waals surface area (Å²) in [7, 11) is 1.78.